The van der Waals surface area contributed by atoms with E-state index in [1.165, 1.54) is 37.7 Å². The smallest absolute Gasteiger partial charge is 0.137 e. The number of nitrogens with one attached hydrogen (secondary N) is 1. The average molecular weight is 276 g/mol. The second kappa shape index (κ2) is 7.63. The zero-order chi connectivity index (χ0) is 14.4. The van der Waals surface area contributed by atoms with Crippen molar-refractivity contribution in [1.82, 2.24) is 10.3 Å². The van der Waals surface area contributed by atoms with E-state index in [4.69, 9.17) is 4.74 Å². The van der Waals surface area contributed by atoms with Crippen LogP contribution >= 0.6 is 0 Å². The summed E-state index contributed by atoms with van der Waals surface area (Å²) >= 11 is 0. The lowest BCUT2D eigenvalue weighted by Gasteiger charge is -2.34. The van der Waals surface area contributed by atoms with Crippen LogP contribution in [0, 0.1) is 11.8 Å². The second-order valence-corrected chi connectivity index (χ2v) is 5.88. The van der Waals surface area contributed by atoms with Crippen LogP contribution in [0.2, 0.25) is 0 Å². The highest BCUT2D eigenvalue weighted by molar-refractivity contribution is 5.26. The molecule has 3 nitrogen and oxygen atoms in total. The lowest BCUT2D eigenvalue weighted by molar-refractivity contribution is 0.219. The van der Waals surface area contributed by atoms with E-state index in [0.29, 0.717) is 6.04 Å². The normalized spacial score (nSPS) is 24.4. The molecular formula is C17H28N2O. The van der Waals surface area contributed by atoms with Gasteiger partial charge in [0.25, 0.3) is 0 Å². The summed E-state index contributed by atoms with van der Waals surface area (Å²) in [6.45, 7) is 5.49. The number of methoxy groups -OCH3 is 1. The summed E-state index contributed by atoms with van der Waals surface area (Å²) in [5.41, 5.74) is 1.27. The standard InChI is InChI=1S/C17H28N2O/c1-4-13-6-8-14(9-7-13)17(19-5-2)15-10-16(20-3)12-18-11-15/h10-14,17,19H,4-9H2,1-3H3. The van der Waals surface area contributed by atoms with E-state index >= 15 is 0 Å². The first-order valence-corrected chi connectivity index (χ1v) is 8.00. The van der Waals surface area contributed by atoms with Gasteiger partial charge in [0.1, 0.15) is 5.75 Å². The Balaban J connectivity index is 2.10. The molecule has 1 unspecified atom stereocenters. The molecule has 0 aromatic carbocycles. The van der Waals surface area contributed by atoms with Gasteiger partial charge in [-0.15, -0.1) is 0 Å². The molecule has 3 heteroatoms. The SMILES string of the molecule is CCNC(c1cncc(OC)c1)C1CCC(CC)CC1. The zero-order valence-electron chi connectivity index (χ0n) is 13.1. The van der Waals surface area contributed by atoms with Crippen LogP contribution in [0.25, 0.3) is 0 Å². The molecule has 1 saturated carbocycles. The fraction of sp³-hybridized carbons (Fsp3) is 0.706. The van der Waals surface area contributed by atoms with Gasteiger partial charge in [-0.05, 0) is 42.9 Å². The van der Waals surface area contributed by atoms with Gasteiger partial charge in [-0.3, -0.25) is 4.98 Å². The third kappa shape index (κ3) is 3.72. The Morgan fingerprint density at radius 3 is 2.60 bits per heavy atom. The average Bonchev–Trinajstić information content (AvgIpc) is 2.53. The fourth-order valence-electron chi connectivity index (χ4n) is 3.42. The minimum atomic E-state index is 0.417. The maximum atomic E-state index is 5.31. The summed E-state index contributed by atoms with van der Waals surface area (Å²) in [6.07, 6.45) is 10.5. The molecular weight excluding hydrogens is 248 g/mol. The minimum absolute atomic E-state index is 0.417. The molecule has 0 spiro atoms. The van der Waals surface area contributed by atoms with E-state index in [-0.39, 0.29) is 0 Å². The predicted molar refractivity (Wildman–Crippen MR) is 82.9 cm³/mol. The molecule has 1 atom stereocenters. The first-order chi connectivity index (χ1) is 9.78. The number of hydrogen-bond acceptors (Lipinski definition) is 3. The molecule has 1 heterocycles. The van der Waals surface area contributed by atoms with E-state index in [9.17, 15) is 0 Å². The zero-order valence-corrected chi connectivity index (χ0v) is 13.1. The molecule has 1 aromatic rings. The highest BCUT2D eigenvalue weighted by atomic mass is 16.5. The van der Waals surface area contributed by atoms with Gasteiger partial charge in [0.15, 0.2) is 0 Å². The summed E-state index contributed by atoms with van der Waals surface area (Å²) in [7, 11) is 1.70. The Morgan fingerprint density at radius 1 is 1.25 bits per heavy atom. The topological polar surface area (TPSA) is 34.2 Å². The highest BCUT2D eigenvalue weighted by Crippen LogP contribution is 2.38. The predicted octanol–water partition coefficient (Wildman–Crippen LogP) is 3.96. The van der Waals surface area contributed by atoms with Gasteiger partial charge in [-0.25, -0.2) is 0 Å². The van der Waals surface area contributed by atoms with Gasteiger partial charge in [0.05, 0.1) is 13.3 Å². The molecule has 1 aliphatic carbocycles. The third-order valence-electron chi connectivity index (χ3n) is 4.69. The fourth-order valence-corrected chi connectivity index (χ4v) is 3.42. The van der Waals surface area contributed by atoms with Crippen LogP contribution in [0.4, 0.5) is 0 Å². The highest BCUT2D eigenvalue weighted by Gasteiger charge is 2.27. The van der Waals surface area contributed by atoms with Crippen molar-refractivity contribution in [1.29, 1.82) is 0 Å². The molecule has 1 aromatic heterocycles. The monoisotopic (exact) mass is 276 g/mol. The van der Waals surface area contributed by atoms with E-state index in [2.05, 4.69) is 30.2 Å². The van der Waals surface area contributed by atoms with Gasteiger partial charge in [-0.1, -0.05) is 33.1 Å². The van der Waals surface area contributed by atoms with Crippen LogP contribution < -0.4 is 10.1 Å². The Kier molecular flexibility index (Phi) is 5.84. The molecule has 0 aliphatic heterocycles. The van der Waals surface area contributed by atoms with Crippen LogP contribution in [-0.4, -0.2) is 18.6 Å². The number of nitrogens with zero attached hydrogens (tertiary/aromatic N) is 1. The number of rotatable bonds is 6. The van der Waals surface area contributed by atoms with Gasteiger partial charge < -0.3 is 10.1 Å². The maximum absolute atomic E-state index is 5.31. The molecule has 1 fully saturated rings. The van der Waals surface area contributed by atoms with Crippen molar-refractivity contribution in [2.75, 3.05) is 13.7 Å². The Bertz CT molecular complexity index is 400. The molecule has 1 aliphatic rings. The van der Waals surface area contributed by atoms with Crippen molar-refractivity contribution in [3.8, 4) is 5.75 Å². The van der Waals surface area contributed by atoms with Crippen LogP contribution in [0.5, 0.6) is 5.75 Å². The summed E-state index contributed by atoms with van der Waals surface area (Å²) in [5.74, 6) is 2.52. The summed E-state index contributed by atoms with van der Waals surface area (Å²) in [6, 6.07) is 2.55. The molecule has 2 rings (SSSR count). The summed E-state index contributed by atoms with van der Waals surface area (Å²) in [4.78, 5) is 4.32. The maximum Gasteiger partial charge on any atom is 0.137 e. The lowest BCUT2D eigenvalue weighted by Crippen LogP contribution is -2.31. The first kappa shape index (κ1) is 15.3. The quantitative estimate of drug-likeness (QED) is 0.854. The minimum Gasteiger partial charge on any atom is -0.495 e. The van der Waals surface area contributed by atoms with Gasteiger partial charge in [0.2, 0.25) is 0 Å². The van der Waals surface area contributed by atoms with E-state index in [1.54, 1.807) is 13.3 Å². The molecule has 1 N–H and O–H groups in total. The first-order valence-electron chi connectivity index (χ1n) is 8.00. The Hall–Kier alpha value is -1.09. The largest absolute Gasteiger partial charge is 0.495 e. The second-order valence-electron chi connectivity index (χ2n) is 5.88. The van der Waals surface area contributed by atoms with Crippen molar-refractivity contribution in [2.24, 2.45) is 11.8 Å². The van der Waals surface area contributed by atoms with Crippen molar-refractivity contribution in [3.05, 3.63) is 24.0 Å². The Labute approximate surface area is 123 Å². The van der Waals surface area contributed by atoms with E-state index < -0.39 is 0 Å². The van der Waals surface area contributed by atoms with Gasteiger partial charge in [0, 0.05) is 12.2 Å². The molecule has 20 heavy (non-hydrogen) atoms. The van der Waals surface area contributed by atoms with Crippen molar-refractivity contribution in [3.63, 3.8) is 0 Å². The molecule has 0 radical (unpaired) electrons. The van der Waals surface area contributed by atoms with Crippen molar-refractivity contribution in [2.45, 2.75) is 52.0 Å². The number of aromatic nitrogens is 1. The molecule has 112 valence electrons. The molecule has 0 amide bonds. The summed E-state index contributed by atoms with van der Waals surface area (Å²) in [5, 5.41) is 3.66. The van der Waals surface area contributed by atoms with E-state index in [0.717, 1.165) is 24.1 Å². The molecule has 0 saturated heterocycles. The number of hydrogen-bond donors (Lipinski definition) is 1. The van der Waals surface area contributed by atoms with Crippen molar-refractivity contribution >= 4 is 0 Å². The Morgan fingerprint density at radius 2 is 2.00 bits per heavy atom. The van der Waals surface area contributed by atoms with Crippen LogP contribution in [0.15, 0.2) is 18.5 Å². The molecule has 0 bridgehead atoms. The third-order valence-corrected chi connectivity index (χ3v) is 4.69. The van der Waals surface area contributed by atoms with Crippen LogP contribution in [0.1, 0.15) is 57.6 Å². The van der Waals surface area contributed by atoms with E-state index in [1.807, 2.05) is 6.20 Å². The van der Waals surface area contributed by atoms with Gasteiger partial charge in [-0.2, -0.15) is 0 Å². The van der Waals surface area contributed by atoms with Crippen molar-refractivity contribution < 1.29 is 4.74 Å². The summed E-state index contributed by atoms with van der Waals surface area (Å²) < 4.78 is 5.31. The lowest BCUT2D eigenvalue weighted by atomic mass is 9.76. The number of pyridine rings is 1. The van der Waals surface area contributed by atoms with Crippen LogP contribution in [-0.2, 0) is 0 Å². The number of ether oxygens (including phenoxy) is 1. The van der Waals surface area contributed by atoms with Gasteiger partial charge >= 0.3 is 0 Å². The van der Waals surface area contributed by atoms with Crippen LogP contribution in [0.3, 0.4) is 0 Å².